The molecule has 0 saturated heterocycles. The molecule has 0 N–H and O–H groups in total. The van der Waals surface area contributed by atoms with Crippen LogP contribution < -0.4 is 0 Å². The molecule has 0 radical (unpaired) electrons. The van der Waals surface area contributed by atoms with Crippen molar-refractivity contribution in [3.8, 4) is 61.8 Å². The maximum absolute atomic E-state index is 6.40. The summed E-state index contributed by atoms with van der Waals surface area (Å²) >= 11 is 0. The van der Waals surface area contributed by atoms with Crippen LogP contribution in [0.1, 0.15) is 0 Å². The number of nitrogens with zero attached hydrogens (tertiary/aromatic N) is 3. The largest absolute Gasteiger partial charge is 0.455 e. The molecular formula is C52H33N3O. The first-order chi connectivity index (χ1) is 27.7. The second-order valence-corrected chi connectivity index (χ2v) is 14.2. The van der Waals surface area contributed by atoms with Crippen LogP contribution in [0.15, 0.2) is 205 Å². The van der Waals surface area contributed by atoms with Crippen LogP contribution in [0, 0.1) is 0 Å². The van der Waals surface area contributed by atoms with Crippen LogP contribution in [0.2, 0.25) is 0 Å². The SMILES string of the molecule is c1ccc(-c2cc(-c3ccccc3)nc(-c3ccc(-n4c5ccccc5c5cc(-c6cccc(-c7cccc8c7oc7ccccc78)c6)ccc54)cc3)n2)cc1. The van der Waals surface area contributed by atoms with E-state index >= 15 is 0 Å². The molecule has 4 heteroatoms. The van der Waals surface area contributed by atoms with E-state index in [1.807, 2.05) is 48.5 Å². The molecule has 0 unspecified atom stereocenters. The molecule has 11 aromatic rings. The molecule has 0 amide bonds. The fourth-order valence-electron chi connectivity index (χ4n) is 8.12. The smallest absolute Gasteiger partial charge is 0.160 e. The Morgan fingerprint density at radius 3 is 1.70 bits per heavy atom. The van der Waals surface area contributed by atoms with Crippen molar-refractivity contribution < 1.29 is 4.42 Å². The van der Waals surface area contributed by atoms with Gasteiger partial charge in [-0.2, -0.15) is 0 Å². The second kappa shape index (κ2) is 13.1. The zero-order valence-corrected chi connectivity index (χ0v) is 30.3. The number of hydrogen-bond acceptors (Lipinski definition) is 3. The Labute approximate surface area is 323 Å². The minimum atomic E-state index is 0.697. The Balaban J connectivity index is 0.987. The first kappa shape index (κ1) is 31.9. The first-order valence-electron chi connectivity index (χ1n) is 18.9. The molecule has 56 heavy (non-hydrogen) atoms. The van der Waals surface area contributed by atoms with E-state index in [0.29, 0.717) is 5.82 Å². The molecule has 0 aliphatic heterocycles. The molecule has 0 saturated carbocycles. The minimum Gasteiger partial charge on any atom is -0.455 e. The van der Waals surface area contributed by atoms with Crippen LogP contribution in [0.5, 0.6) is 0 Å². The second-order valence-electron chi connectivity index (χ2n) is 14.2. The molecule has 262 valence electrons. The highest BCUT2D eigenvalue weighted by Gasteiger charge is 2.16. The number of furan rings is 1. The van der Waals surface area contributed by atoms with Crippen LogP contribution in [0.25, 0.3) is 106 Å². The number of para-hydroxylation sites is 3. The average molecular weight is 716 g/mol. The van der Waals surface area contributed by atoms with Gasteiger partial charge in [-0.05, 0) is 77.4 Å². The molecule has 0 spiro atoms. The molecule has 0 atom stereocenters. The summed E-state index contributed by atoms with van der Waals surface area (Å²) in [4.78, 5) is 10.1. The number of aromatic nitrogens is 3. The van der Waals surface area contributed by atoms with E-state index in [1.165, 1.54) is 16.3 Å². The Kier molecular flexibility index (Phi) is 7.46. The maximum Gasteiger partial charge on any atom is 0.160 e. The molecule has 0 aliphatic rings. The van der Waals surface area contributed by atoms with E-state index in [9.17, 15) is 0 Å². The molecule has 8 aromatic carbocycles. The van der Waals surface area contributed by atoms with Crippen LogP contribution in [0.4, 0.5) is 0 Å². The summed E-state index contributed by atoms with van der Waals surface area (Å²) in [6.45, 7) is 0. The van der Waals surface area contributed by atoms with Gasteiger partial charge in [0.05, 0.1) is 22.4 Å². The molecule has 3 aromatic heterocycles. The van der Waals surface area contributed by atoms with Gasteiger partial charge in [0.1, 0.15) is 11.2 Å². The van der Waals surface area contributed by atoms with E-state index in [0.717, 1.165) is 83.4 Å². The zero-order valence-electron chi connectivity index (χ0n) is 30.3. The van der Waals surface area contributed by atoms with Gasteiger partial charge in [0.2, 0.25) is 0 Å². The lowest BCUT2D eigenvalue weighted by Gasteiger charge is -2.11. The molecule has 11 rings (SSSR count). The summed E-state index contributed by atoms with van der Waals surface area (Å²) in [6, 6.07) is 70.3. The van der Waals surface area contributed by atoms with E-state index in [2.05, 4.69) is 156 Å². The van der Waals surface area contributed by atoms with Crippen LogP contribution in [-0.2, 0) is 0 Å². The van der Waals surface area contributed by atoms with Crippen molar-refractivity contribution in [2.45, 2.75) is 0 Å². The third kappa shape index (κ3) is 5.39. The number of benzene rings is 8. The monoisotopic (exact) mass is 715 g/mol. The summed E-state index contributed by atoms with van der Waals surface area (Å²) in [5.74, 6) is 0.697. The predicted octanol–water partition coefficient (Wildman–Crippen LogP) is 13.8. The molecule has 0 bridgehead atoms. The van der Waals surface area contributed by atoms with Crippen molar-refractivity contribution in [3.63, 3.8) is 0 Å². The maximum atomic E-state index is 6.40. The van der Waals surface area contributed by atoms with E-state index in [1.54, 1.807) is 0 Å². The van der Waals surface area contributed by atoms with Gasteiger partial charge in [-0.1, -0.05) is 140 Å². The topological polar surface area (TPSA) is 43.9 Å². The molecule has 3 heterocycles. The van der Waals surface area contributed by atoms with Crippen molar-refractivity contribution in [2.24, 2.45) is 0 Å². The van der Waals surface area contributed by atoms with Crippen molar-refractivity contribution in [1.29, 1.82) is 0 Å². The van der Waals surface area contributed by atoms with E-state index < -0.39 is 0 Å². The van der Waals surface area contributed by atoms with Gasteiger partial charge in [-0.15, -0.1) is 0 Å². The average Bonchev–Trinajstić information content (AvgIpc) is 3.83. The van der Waals surface area contributed by atoms with E-state index in [4.69, 9.17) is 14.4 Å². The highest BCUT2D eigenvalue weighted by atomic mass is 16.3. The number of rotatable bonds is 6. The Hall–Kier alpha value is -7.56. The Morgan fingerprint density at radius 2 is 0.929 bits per heavy atom. The van der Waals surface area contributed by atoms with Crippen LogP contribution in [-0.4, -0.2) is 14.5 Å². The van der Waals surface area contributed by atoms with Gasteiger partial charge in [-0.3, -0.25) is 0 Å². The predicted molar refractivity (Wildman–Crippen MR) is 231 cm³/mol. The van der Waals surface area contributed by atoms with Gasteiger partial charge < -0.3 is 8.98 Å². The third-order valence-corrected chi connectivity index (χ3v) is 10.8. The lowest BCUT2D eigenvalue weighted by Crippen LogP contribution is -1.97. The third-order valence-electron chi connectivity index (χ3n) is 10.8. The minimum absolute atomic E-state index is 0.697. The van der Waals surface area contributed by atoms with Crippen molar-refractivity contribution >= 4 is 43.7 Å². The van der Waals surface area contributed by atoms with Crippen molar-refractivity contribution in [3.05, 3.63) is 200 Å². The zero-order chi connectivity index (χ0) is 37.0. The van der Waals surface area contributed by atoms with E-state index in [-0.39, 0.29) is 0 Å². The lowest BCUT2D eigenvalue weighted by atomic mass is 9.97. The van der Waals surface area contributed by atoms with Crippen molar-refractivity contribution in [1.82, 2.24) is 14.5 Å². The summed E-state index contributed by atoms with van der Waals surface area (Å²) in [7, 11) is 0. The van der Waals surface area contributed by atoms with Gasteiger partial charge in [0.15, 0.2) is 5.82 Å². The van der Waals surface area contributed by atoms with Crippen molar-refractivity contribution in [2.75, 3.05) is 0 Å². The van der Waals surface area contributed by atoms with Gasteiger partial charge >= 0.3 is 0 Å². The molecular weight excluding hydrogens is 683 g/mol. The van der Waals surface area contributed by atoms with Gasteiger partial charge in [0.25, 0.3) is 0 Å². The first-order valence-corrected chi connectivity index (χ1v) is 18.9. The fourth-order valence-corrected chi connectivity index (χ4v) is 8.12. The quantitative estimate of drug-likeness (QED) is 0.172. The van der Waals surface area contributed by atoms with Crippen LogP contribution in [0.3, 0.4) is 0 Å². The summed E-state index contributed by atoms with van der Waals surface area (Å²) < 4.78 is 8.76. The number of fused-ring (bicyclic) bond motifs is 6. The normalized spacial score (nSPS) is 11.6. The lowest BCUT2D eigenvalue weighted by molar-refractivity contribution is 0.670. The molecule has 0 fully saturated rings. The van der Waals surface area contributed by atoms with Gasteiger partial charge in [-0.25, -0.2) is 9.97 Å². The number of hydrogen-bond donors (Lipinski definition) is 0. The standard InChI is InChI=1S/C52H33N3O/c1-3-13-34(14-4-1)46-33-47(35-15-5-2-6-16-35)54-52(53-46)36-25-28-40(29-26-36)55-48-23-9-7-19-42(48)45-32-38(27-30-49(45)55)37-17-11-18-39(31-37)41-21-12-22-44-43-20-8-10-24-50(43)56-51(41)44/h1-33H. The fraction of sp³-hybridized carbons (Fsp3) is 0. The van der Waals surface area contributed by atoms with Gasteiger partial charge in [0, 0.05) is 49.5 Å². The highest BCUT2D eigenvalue weighted by molar-refractivity contribution is 6.11. The summed E-state index contributed by atoms with van der Waals surface area (Å²) in [5.41, 5.74) is 14.6. The summed E-state index contributed by atoms with van der Waals surface area (Å²) in [5, 5.41) is 4.69. The Morgan fingerprint density at radius 1 is 0.357 bits per heavy atom. The van der Waals surface area contributed by atoms with Crippen LogP contribution >= 0.6 is 0 Å². The Bertz CT molecular complexity index is 3170. The molecule has 0 aliphatic carbocycles. The highest BCUT2D eigenvalue weighted by Crippen LogP contribution is 2.39. The molecule has 4 nitrogen and oxygen atoms in total. The summed E-state index contributed by atoms with van der Waals surface area (Å²) in [6.07, 6.45) is 0.